The smallest absolute Gasteiger partial charge is 0.330 e. The largest absolute Gasteiger partial charge is 0.479 e. The maximum atomic E-state index is 12.4. The molecule has 0 aromatic carbocycles. The van der Waals surface area contributed by atoms with Crippen LogP contribution in [0, 0.1) is 5.92 Å². The molecule has 1 aliphatic carbocycles. The quantitative estimate of drug-likeness (QED) is 0.543. The minimum Gasteiger partial charge on any atom is -0.479 e. The highest BCUT2D eigenvalue weighted by Gasteiger charge is 2.60. The molecule has 8 nitrogen and oxygen atoms in total. The number of hydrogen-bond acceptors (Lipinski definition) is 4. The molecule has 3 unspecified atom stereocenters. The number of carboxylic acids is 1. The number of rotatable bonds is 3. The van der Waals surface area contributed by atoms with Gasteiger partial charge in [0, 0.05) is 26.1 Å². The summed E-state index contributed by atoms with van der Waals surface area (Å²) in [4.78, 5) is 37.7. The highest BCUT2D eigenvalue weighted by atomic mass is 16.4. The molecule has 134 valence electrons. The van der Waals surface area contributed by atoms with Crippen molar-refractivity contribution in [2.75, 3.05) is 20.2 Å². The predicted molar refractivity (Wildman–Crippen MR) is 86.3 cm³/mol. The van der Waals surface area contributed by atoms with Crippen LogP contribution in [0.1, 0.15) is 32.1 Å². The molecular weight excluding hydrogens is 314 g/mol. The van der Waals surface area contributed by atoms with Crippen molar-refractivity contribution in [2.45, 2.75) is 43.7 Å². The SMILES string of the molecule is CN1CCCCC=CC2CC2(C(=O)O)NC(=O)C(CCO)NC1=O. The lowest BCUT2D eigenvalue weighted by Crippen LogP contribution is -2.55. The molecule has 0 saturated heterocycles. The first kappa shape index (κ1) is 18.3. The number of carbonyl (C=O) groups is 3. The van der Waals surface area contributed by atoms with E-state index in [1.54, 1.807) is 7.05 Å². The number of carboxylic acid groups (broad SMARTS) is 1. The Morgan fingerprint density at radius 2 is 2.17 bits per heavy atom. The lowest BCUT2D eigenvalue weighted by Gasteiger charge is -2.24. The van der Waals surface area contributed by atoms with Crippen LogP contribution in [0.2, 0.25) is 0 Å². The van der Waals surface area contributed by atoms with Crippen molar-refractivity contribution in [1.82, 2.24) is 15.5 Å². The minimum absolute atomic E-state index is 0.0294. The maximum absolute atomic E-state index is 12.4. The van der Waals surface area contributed by atoms with Gasteiger partial charge in [0.1, 0.15) is 11.6 Å². The van der Waals surface area contributed by atoms with Gasteiger partial charge in [0.25, 0.3) is 0 Å². The van der Waals surface area contributed by atoms with Crippen molar-refractivity contribution in [3.8, 4) is 0 Å². The monoisotopic (exact) mass is 339 g/mol. The Labute approximate surface area is 140 Å². The van der Waals surface area contributed by atoms with Gasteiger partial charge in [-0.3, -0.25) is 4.79 Å². The van der Waals surface area contributed by atoms with Crippen LogP contribution in [-0.2, 0) is 9.59 Å². The topological polar surface area (TPSA) is 119 Å². The first-order valence-electron chi connectivity index (χ1n) is 8.25. The fraction of sp³-hybridized carbons (Fsp3) is 0.688. The molecule has 0 radical (unpaired) electrons. The number of amides is 3. The van der Waals surface area contributed by atoms with E-state index >= 15 is 0 Å². The Morgan fingerprint density at radius 3 is 2.83 bits per heavy atom. The van der Waals surface area contributed by atoms with E-state index < -0.39 is 29.5 Å². The zero-order chi connectivity index (χ0) is 17.7. The second-order valence-electron chi connectivity index (χ2n) is 6.44. The Kier molecular flexibility index (Phi) is 5.82. The third kappa shape index (κ3) is 4.05. The molecule has 0 aromatic heterocycles. The lowest BCUT2D eigenvalue weighted by molar-refractivity contribution is -0.143. The molecule has 8 heteroatoms. The molecule has 24 heavy (non-hydrogen) atoms. The van der Waals surface area contributed by atoms with Gasteiger partial charge < -0.3 is 25.7 Å². The molecule has 0 bridgehead atoms. The van der Waals surface area contributed by atoms with Gasteiger partial charge in [-0.05, 0) is 32.1 Å². The van der Waals surface area contributed by atoms with Crippen molar-refractivity contribution < 1.29 is 24.6 Å². The van der Waals surface area contributed by atoms with Gasteiger partial charge >= 0.3 is 12.0 Å². The molecule has 0 aromatic rings. The summed E-state index contributed by atoms with van der Waals surface area (Å²) in [7, 11) is 1.64. The van der Waals surface area contributed by atoms with Gasteiger partial charge in [-0.1, -0.05) is 12.2 Å². The standard InChI is InChI=1S/C16H25N3O5/c1-19-8-5-3-2-4-6-11-10-16(11,14(22)23)18-13(21)12(7-9-20)17-15(19)24/h4,6,11-12,20H,2-3,5,7-10H2,1H3,(H,17,24)(H,18,21)(H,22,23). The van der Waals surface area contributed by atoms with E-state index in [1.807, 2.05) is 12.2 Å². The zero-order valence-electron chi connectivity index (χ0n) is 13.8. The van der Waals surface area contributed by atoms with Gasteiger partial charge in [0.05, 0.1) is 0 Å². The van der Waals surface area contributed by atoms with E-state index in [0.29, 0.717) is 13.0 Å². The second-order valence-corrected chi connectivity index (χ2v) is 6.44. The van der Waals surface area contributed by atoms with Crippen molar-refractivity contribution >= 4 is 17.9 Å². The Bertz CT molecular complexity index is 536. The molecule has 1 aliphatic heterocycles. The third-order valence-corrected chi connectivity index (χ3v) is 4.60. The Morgan fingerprint density at radius 1 is 1.42 bits per heavy atom. The normalized spacial score (nSPS) is 31.5. The molecule has 1 saturated carbocycles. The van der Waals surface area contributed by atoms with Crippen LogP contribution in [-0.4, -0.2) is 64.8 Å². The molecule has 3 atom stereocenters. The number of carbonyl (C=O) groups excluding carboxylic acids is 2. The summed E-state index contributed by atoms with van der Waals surface area (Å²) >= 11 is 0. The number of nitrogens with one attached hydrogen (secondary N) is 2. The van der Waals surface area contributed by atoms with Crippen LogP contribution in [0.25, 0.3) is 0 Å². The van der Waals surface area contributed by atoms with Gasteiger partial charge in [0.2, 0.25) is 5.91 Å². The van der Waals surface area contributed by atoms with Gasteiger partial charge in [-0.2, -0.15) is 0 Å². The van der Waals surface area contributed by atoms with Crippen LogP contribution in [0.3, 0.4) is 0 Å². The van der Waals surface area contributed by atoms with E-state index in [0.717, 1.165) is 19.3 Å². The molecule has 3 amide bonds. The van der Waals surface area contributed by atoms with Crippen molar-refractivity contribution in [2.24, 2.45) is 5.92 Å². The molecule has 4 N–H and O–H groups in total. The number of nitrogens with zero attached hydrogens (tertiary/aromatic N) is 1. The van der Waals surface area contributed by atoms with Crippen molar-refractivity contribution in [1.29, 1.82) is 0 Å². The van der Waals surface area contributed by atoms with Gasteiger partial charge in [0.15, 0.2) is 0 Å². The maximum Gasteiger partial charge on any atom is 0.330 e. The van der Waals surface area contributed by atoms with E-state index in [9.17, 15) is 19.5 Å². The number of urea groups is 1. The molecular formula is C16H25N3O5. The van der Waals surface area contributed by atoms with Gasteiger partial charge in [-0.15, -0.1) is 0 Å². The zero-order valence-corrected chi connectivity index (χ0v) is 13.8. The van der Waals surface area contributed by atoms with E-state index in [4.69, 9.17) is 5.11 Å². The van der Waals surface area contributed by atoms with E-state index in [2.05, 4.69) is 10.6 Å². The molecule has 0 spiro atoms. The summed E-state index contributed by atoms with van der Waals surface area (Å²) in [6.45, 7) is 0.279. The lowest BCUT2D eigenvalue weighted by atomic mass is 10.1. The first-order chi connectivity index (χ1) is 11.4. The summed E-state index contributed by atoms with van der Waals surface area (Å²) < 4.78 is 0. The molecule has 1 heterocycles. The summed E-state index contributed by atoms with van der Waals surface area (Å²) in [6.07, 6.45) is 6.68. The number of aliphatic hydroxyl groups is 1. The Balaban J connectivity index is 2.19. The van der Waals surface area contributed by atoms with E-state index in [-0.39, 0.29) is 18.9 Å². The van der Waals surface area contributed by atoms with Crippen LogP contribution >= 0.6 is 0 Å². The average molecular weight is 339 g/mol. The number of aliphatic hydroxyl groups excluding tert-OH is 1. The Hall–Kier alpha value is -2.09. The van der Waals surface area contributed by atoms with Crippen molar-refractivity contribution in [3.63, 3.8) is 0 Å². The highest BCUT2D eigenvalue weighted by molar-refractivity contribution is 5.94. The number of fused-ring (bicyclic) bond motifs is 1. The molecule has 1 fully saturated rings. The van der Waals surface area contributed by atoms with Gasteiger partial charge in [-0.25, -0.2) is 9.59 Å². The predicted octanol–water partition coefficient (Wildman–Crippen LogP) is 0.0784. The summed E-state index contributed by atoms with van der Waals surface area (Å²) in [5.41, 5.74) is -1.30. The highest BCUT2D eigenvalue weighted by Crippen LogP contribution is 2.45. The molecule has 2 rings (SSSR count). The summed E-state index contributed by atoms with van der Waals surface area (Å²) in [5.74, 6) is -1.90. The van der Waals surface area contributed by atoms with Crippen LogP contribution in [0.5, 0.6) is 0 Å². The van der Waals surface area contributed by atoms with Crippen molar-refractivity contribution in [3.05, 3.63) is 12.2 Å². The summed E-state index contributed by atoms with van der Waals surface area (Å²) in [6, 6.07) is -1.37. The minimum atomic E-state index is -1.30. The van der Waals surface area contributed by atoms with Crippen LogP contribution in [0.4, 0.5) is 4.79 Å². The fourth-order valence-corrected chi connectivity index (χ4v) is 2.90. The second kappa shape index (κ2) is 7.65. The number of allylic oxidation sites excluding steroid dienone is 1. The number of hydrogen-bond donors (Lipinski definition) is 4. The van der Waals surface area contributed by atoms with Crippen LogP contribution in [0.15, 0.2) is 12.2 Å². The first-order valence-corrected chi connectivity index (χ1v) is 8.25. The number of aliphatic carboxylic acids is 1. The molecule has 2 aliphatic rings. The van der Waals surface area contributed by atoms with Crippen LogP contribution < -0.4 is 10.6 Å². The summed E-state index contributed by atoms with van der Waals surface area (Å²) in [5, 5.41) is 23.7. The average Bonchev–Trinajstić information content (AvgIpc) is 3.23. The fourth-order valence-electron chi connectivity index (χ4n) is 2.90. The third-order valence-electron chi connectivity index (χ3n) is 4.60. The van der Waals surface area contributed by atoms with E-state index in [1.165, 1.54) is 4.90 Å².